The number of aromatic hydroxyl groups is 1. The van der Waals surface area contributed by atoms with Gasteiger partial charge in [-0.05, 0) is 110 Å². The van der Waals surface area contributed by atoms with Crippen LogP contribution in [0.4, 0.5) is 5.69 Å². The number of likely N-dealkylation sites (tertiary alicyclic amines) is 2. The Labute approximate surface area is 208 Å². The third-order valence-corrected chi connectivity index (χ3v) is 11.7. The summed E-state index contributed by atoms with van der Waals surface area (Å²) in [4.78, 5) is 10.9. The van der Waals surface area contributed by atoms with E-state index in [1.165, 1.54) is 92.8 Å². The van der Waals surface area contributed by atoms with Crippen LogP contribution in [0.15, 0.2) is 47.5 Å². The Morgan fingerprint density at radius 3 is 2.83 bits per heavy atom. The number of nitrogens with zero attached hydrogens (tertiary/aromatic N) is 3. The smallest absolute Gasteiger partial charge is 0.115 e. The maximum atomic E-state index is 10.7. The maximum Gasteiger partial charge on any atom is 0.115 e. The molecule has 0 amide bonds. The van der Waals surface area contributed by atoms with Crippen LogP contribution in [0, 0.1) is 23.2 Å². The molecular formula is C31H35N3O. The van der Waals surface area contributed by atoms with Crippen LogP contribution in [-0.4, -0.2) is 52.5 Å². The molecule has 7 aliphatic rings. The summed E-state index contributed by atoms with van der Waals surface area (Å²) in [7, 11) is 0. The SMILES string of the molecule is Oc1ccc2c(c1)C13CCN(CC4CC4)C(C2)C12CCC1C3[C@@H](CN1C1=Nc3ccccc3C1)C2. The molecule has 4 heteroatoms. The van der Waals surface area contributed by atoms with Crippen molar-refractivity contribution in [3.05, 3.63) is 59.2 Å². The monoisotopic (exact) mass is 465 g/mol. The third-order valence-electron chi connectivity index (χ3n) is 11.7. The minimum Gasteiger partial charge on any atom is -0.508 e. The lowest BCUT2D eigenvalue weighted by Crippen LogP contribution is -2.69. The molecule has 0 spiro atoms. The average Bonchev–Trinajstić information content (AvgIpc) is 3.37. The molecule has 4 bridgehead atoms. The Hall–Kier alpha value is -2.33. The van der Waals surface area contributed by atoms with Crippen LogP contribution >= 0.6 is 0 Å². The minimum absolute atomic E-state index is 0.235. The van der Waals surface area contributed by atoms with Crippen LogP contribution in [0.25, 0.3) is 0 Å². The highest BCUT2D eigenvalue weighted by Crippen LogP contribution is 2.75. The summed E-state index contributed by atoms with van der Waals surface area (Å²) >= 11 is 0. The van der Waals surface area contributed by atoms with Crippen molar-refractivity contribution >= 4 is 11.5 Å². The molecule has 3 saturated carbocycles. The summed E-state index contributed by atoms with van der Waals surface area (Å²) in [6, 6.07) is 16.5. The van der Waals surface area contributed by atoms with Gasteiger partial charge in [0.05, 0.1) is 5.69 Å². The molecule has 6 atom stereocenters. The van der Waals surface area contributed by atoms with Crippen LogP contribution in [0.3, 0.4) is 0 Å². The summed E-state index contributed by atoms with van der Waals surface area (Å²) in [5.74, 6) is 4.20. The fourth-order valence-corrected chi connectivity index (χ4v) is 10.5. The summed E-state index contributed by atoms with van der Waals surface area (Å²) < 4.78 is 0. The van der Waals surface area contributed by atoms with E-state index < -0.39 is 0 Å². The minimum atomic E-state index is 0.235. The molecule has 0 aromatic heterocycles. The average molecular weight is 466 g/mol. The Morgan fingerprint density at radius 2 is 1.94 bits per heavy atom. The van der Waals surface area contributed by atoms with Gasteiger partial charge in [-0.2, -0.15) is 0 Å². The van der Waals surface area contributed by atoms with Gasteiger partial charge in [0.1, 0.15) is 11.6 Å². The number of hydrogen-bond acceptors (Lipinski definition) is 4. The summed E-state index contributed by atoms with van der Waals surface area (Å²) in [6.07, 6.45) is 10.4. The van der Waals surface area contributed by atoms with Gasteiger partial charge in [-0.1, -0.05) is 24.3 Å². The highest BCUT2D eigenvalue weighted by atomic mass is 16.3. The molecule has 3 aliphatic heterocycles. The maximum absolute atomic E-state index is 10.7. The predicted molar refractivity (Wildman–Crippen MR) is 137 cm³/mol. The number of fused-ring (bicyclic) bond motifs is 2. The van der Waals surface area contributed by atoms with Crippen LogP contribution < -0.4 is 0 Å². The van der Waals surface area contributed by atoms with Gasteiger partial charge in [0.25, 0.3) is 0 Å². The first-order valence-corrected chi connectivity index (χ1v) is 14.1. The largest absolute Gasteiger partial charge is 0.508 e. The van der Waals surface area contributed by atoms with Gasteiger partial charge in [0, 0.05) is 37.0 Å². The van der Waals surface area contributed by atoms with Crippen LogP contribution in [-0.2, 0) is 18.3 Å². The molecule has 0 radical (unpaired) electrons. The Balaban J connectivity index is 1.16. The second-order valence-corrected chi connectivity index (χ2v) is 13.0. The molecule has 4 nitrogen and oxygen atoms in total. The second-order valence-electron chi connectivity index (χ2n) is 13.0. The van der Waals surface area contributed by atoms with Crippen molar-refractivity contribution in [2.24, 2.45) is 28.2 Å². The molecule has 9 rings (SSSR count). The van der Waals surface area contributed by atoms with E-state index in [1.54, 1.807) is 0 Å². The molecule has 2 aromatic carbocycles. The molecule has 5 fully saturated rings. The first-order chi connectivity index (χ1) is 17.2. The number of piperidine rings is 1. The van der Waals surface area contributed by atoms with E-state index in [1.807, 2.05) is 6.07 Å². The van der Waals surface area contributed by atoms with Crippen molar-refractivity contribution in [1.82, 2.24) is 9.80 Å². The molecule has 1 N–H and O–H groups in total. The first-order valence-electron chi connectivity index (χ1n) is 14.1. The highest BCUT2D eigenvalue weighted by Gasteiger charge is 2.76. The zero-order chi connectivity index (χ0) is 22.9. The van der Waals surface area contributed by atoms with Crippen molar-refractivity contribution in [2.45, 2.75) is 68.9 Å². The topological polar surface area (TPSA) is 39.1 Å². The zero-order valence-electron chi connectivity index (χ0n) is 20.5. The normalized spacial score (nSPS) is 40.3. The number of amidine groups is 1. The number of phenols is 1. The lowest BCUT2D eigenvalue weighted by atomic mass is 9.43. The number of rotatable bonds is 2. The Bertz CT molecular complexity index is 1280. The van der Waals surface area contributed by atoms with Crippen LogP contribution in [0.1, 0.15) is 55.2 Å². The number of aliphatic imine (C=N–C) groups is 1. The van der Waals surface area contributed by atoms with Gasteiger partial charge in [0.2, 0.25) is 0 Å². The van der Waals surface area contributed by atoms with Crippen LogP contribution in [0.5, 0.6) is 5.75 Å². The number of phenolic OH excluding ortho intramolecular Hbond substituents is 1. The van der Waals surface area contributed by atoms with E-state index in [0.29, 0.717) is 29.2 Å². The van der Waals surface area contributed by atoms with Crippen molar-refractivity contribution in [3.8, 4) is 5.75 Å². The molecular weight excluding hydrogens is 430 g/mol. The summed E-state index contributed by atoms with van der Waals surface area (Å²) in [5, 5.41) is 10.7. The van der Waals surface area contributed by atoms with Crippen molar-refractivity contribution in [3.63, 3.8) is 0 Å². The zero-order valence-corrected chi connectivity index (χ0v) is 20.5. The van der Waals surface area contributed by atoms with Crippen molar-refractivity contribution < 1.29 is 5.11 Å². The fraction of sp³-hybridized carbons (Fsp3) is 0.581. The highest BCUT2D eigenvalue weighted by molar-refractivity contribution is 5.92. The number of hydrogen-bond donors (Lipinski definition) is 1. The molecule has 3 heterocycles. The number of para-hydroxylation sites is 1. The van der Waals surface area contributed by atoms with Crippen molar-refractivity contribution in [2.75, 3.05) is 19.6 Å². The fourth-order valence-electron chi connectivity index (χ4n) is 10.5. The van der Waals surface area contributed by atoms with Gasteiger partial charge < -0.3 is 10.0 Å². The van der Waals surface area contributed by atoms with E-state index in [9.17, 15) is 5.11 Å². The third kappa shape index (κ3) is 2.36. The molecule has 4 aliphatic carbocycles. The molecule has 35 heavy (non-hydrogen) atoms. The van der Waals surface area contributed by atoms with E-state index in [4.69, 9.17) is 4.99 Å². The molecule has 180 valence electrons. The molecule has 2 aromatic rings. The predicted octanol–water partition coefficient (Wildman–Crippen LogP) is 5.06. The Kier molecular flexibility index (Phi) is 3.68. The summed E-state index contributed by atoms with van der Waals surface area (Å²) in [6.45, 7) is 3.77. The van der Waals surface area contributed by atoms with E-state index in [0.717, 1.165) is 18.3 Å². The van der Waals surface area contributed by atoms with E-state index >= 15 is 0 Å². The van der Waals surface area contributed by atoms with Crippen molar-refractivity contribution in [1.29, 1.82) is 0 Å². The van der Waals surface area contributed by atoms with E-state index in [2.05, 4.69) is 46.2 Å². The van der Waals surface area contributed by atoms with Gasteiger partial charge in [-0.3, -0.25) is 4.90 Å². The van der Waals surface area contributed by atoms with Gasteiger partial charge in [-0.25, -0.2) is 4.99 Å². The standard InChI is InChI=1S/C31H35N3O/c35-23-8-7-20-13-27-30-10-9-26-29(31(30,24(20)15-23)11-12-33(27)17-19-5-6-19)22(16-30)18-34(26)28-14-21-3-1-2-4-25(21)32-28/h1-4,7-8,15,19,22,26-27,29,35H,5-6,9-14,16-18H2/t22-,26?,27?,29?,30?,31?/m1/s1. The van der Waals surface area contributed by atoms with Gasteiger partial charge in [-0.15, -0.1) is 0 Å². The second kappa shape index (κ2) is 6.51. The van der Waals surface area contributed by atoms with Crippen LogP contribution in [0.2, 0.25) is 0 Å². The first kappa shape index (κ1) is 19.8. The quantitative estimate of drug-likeness (QED) is 0.674. The molecule has 2 saturated heterocycles. The summed E-state index contributed by atoms with van der Waals surface area (Å²) in [5.41, 5.74) is 6.29. The van der Waals surface area contributed by atoms with E-state index in [-0.39, 0.29) is 5.41 Å². The van der Waals surface area contributed by atoms with Gasteiger partial charge >= 0.3 is 0 Å². The number of benzene rings is 2. The van der Waals surface area contributed by atoms with Gasteiger partial charge in [0.15, 0.2) is 0 Å². The Morgan fingerprint density at radius 1 is 1.03 bits per heavy atom. The molecule has 5 unspecified atom stereocenters. The lowest BCUT2D eigenvalue weighted by Gasteiger charge is -2.66. The lowest BCUT2D eigenvalue weighted by molar-refractivity contribution is -0.100.